The van der Waals surface area contributed by atoms with Crippen LogP contribution in [0.3, 0.4) is 0 Å². The zero-order chi connectivity index (χ0) is 12.0. The van der Waals surface area contributed by atoms with Gasteiger partial charge in [-0.15, -0.1) is 0 Å². The number of carbonyl (C=O) groups is 1. The van der Waals surface area contributed by atoms with Crippen molar-refractivity contribution in [1.82, 2.24) is 4.90 Å². The van der Waals surface area contributed by atoms with Crippen molar-refractivity contribution >= 4 is 5.91 Å². The van der Waals surface area contributed by atoms with Gasteiger partial charge in [0.05, 0.1) is 5.54 Å². The van der Waals surface area contributed by atoms with Gasteiger partial charge in [0.2, 0.25) is 0 Å². The first kappa shape index (κ1) is 10.8. The second-order valence-electron chi connectivity index (χ2n) is 5.48. The van der Waals surface area contributed by atoms with Gasteiger partial charge in [-0.3, -0.25) is 4.79 Å². The molecule has 2 bridgehead atoms. The third kappa shape index (κ3) is 1.49. The number of nitrogens with two attached hydrogens (primary N) is 1. The Labute approximate surface area is 102 Å². The summed E-state index contributed by atoms with van der Waals surface area (Å²) in [5.74, 6) is 0.836. The predicted octanol–water partition coefficient (Wildman–Crippen LogP) is 1.56. The van der Waals surface area contributed by atoms with Crippen LogP contribution in [0.5, 0.6) is 0 Å². The van der Waals surface area contributed by atoms with Crippen molar-refractivity contribution in [3.8, 4) is 0 Å². The molecule has 0 spiro atoms. The molecule has 0 radical (unpaired) electrons. The minimum absolute atomic E-state index is 0.0212. The van der Waals surface area contributed by atoms with Crippen LogP contribution in [0.4, 0.5) is 0 Å². The van der Waals surface area contributed by atoms with Gasteiger partial charge >= 0.3 is 0 Å². The summed E-state index contributed by atoms with van der Waals surface area (Å²) in [6, 6.07) is 7.81. The molecule has 3 fully saturated rings. The summed E-state index contributed by atoms with van der Waals surface area (Å²) in [6.45, 7) is 3.52. The molecule has 2 saturated heterocycles. The maximum absolute atomic E-state index is 12.4. The van der Waals surface area contributed by atoms with E-state index in [9.17, 15) is 4.79 Å². The highest BCUT2D eigenvalue weighted by Gasteiger charge is 2.56. The van der Waals surface area contributed by atoms with Crippen LogP contribution in [0.25, 0.3) is 0 Å². The average Bonchev–Trinajstić information content (AvgIpc) is 2.83. The largest absolute Gasteiger partial charge is 0.331 e. The van der Waals surface area contributed by atoms with E-state index in [1.165, 1.54) is 5.56 Å². The number of fused-ring (bicyclic) bond motifs is 1. The predicted molar refractivity (Wildman–Crippen MR) is 66.7 cm³/mol. The van der Waals surface area contributed by atoms with Gasteiger partial charge in [-0.05, 0) is 37.8 Å². The third-order valence-corrected chi connectivity index (χ3v) is 4.27. The van der Waals surface area contributed by atoms with Gasteiger partial charge in [0.1, 0.15) is 0 Å². The standard InChI is InChI=1S/C14H18N2O/c1-10-2-4-12(5-3-10)13(17)16-8-11-6-14(16,7-11)9-15/h2-5,11H,6-9,15H2,1H3. The van der Waals surface area contributed by atoms with Gasteiger partial charge in [-0.1, -0.05) is 17.7 Å². The minimum atomic E-state index is -0.0212. The summed E-state index contributed by atoms with van der Waals surface area (Å²) in [5, 5.41) is 0. The summed E-state index contributed by atoms with van der Waals surface area (Å²) < 4.78 is 0. The first-order valence-electron chi connectivity index (χ1n) is 6.23. The van der Waals surface area contributed by atoms with Crippen LogP contribution in [0.2, 0.25) is 0 Å². The molecule has 0 aromatic heterocycles. The van der Waals surface area contributed by atoms with Crippen LogP contribution in [0, 0.1) is 12.8 Å². The van der Waals surface area contributed by atoms with E-state index in [2.05, 4.69) is 0 Å². The molecule has 2 aliphatic heterocycles. The molecule has 1 aromatic rings. The van der Waals surface area contributed by atoms with Crippen LogP contribution in [0.15, 0.2) is 24.3 Å². The molecule has 0 atom stereocenters. The van der Waals surface area contributed by atoms with Gasteiger partial charge in [0, 0.05) is 18.7 Å². The fraction of sp³-hybridized carbons (Fsp3) is 0.500. The topological polar surface area (TPSA) is 46.3 Å². The van der Waals surface area contributed by atoms with Crippen LogP contribution in [-0.4, -0.2) is 29.4 Å². The fourth-order valence-corrected chi connectivity index (χ4v) is 3.24. The molecule has 3 nitrogen and oxygen atoms in total. The first-order valence-corrected chi connectivity index (χ1v) is 6.23. The van der Waals surface area contributed by atoms with Crippen molar-refractivity contribution in [2.24, 2.45) is 11.7 Å². The molecular formula is C14H18N2O. The molecule has 4 rings (SSSR count). The molecular weight excluding hydrogens is 212 g/mol. The van der Waals surface area contributed by atoms with Gasteiger partial charge < -0.3 is 10.6 Å². The molecule has 3 heteroatoms. The maximum atomic E-state index is 12.4. The molecule has 1 aromatic carbocycles. The Bertz CT molecular complexity index is 446. The summed E-state index contributed by atoms with van der Waals surface area (Å²) in [7, 11) is 0. The normalized spacial score (nSPS) is 30.2. The zero-order valence-electron chi connectivity index (χ0n) is 10.1. The number of benzene rings is 1. The lowest BCUT2D eigenvalue weighted by molar-refractivity contribution is 0.0585. The summed E-state index contributed by atoms with van der Waals surface area (Å²) in [5.41, 5.74) is 7.79. The first-order chi connectivity index (χ1) is 8.14. The molecule has 90 valence electrons. The number of aryl methyl sites for hydroxylation is 1. The van der Waals surface area contributed by atoms with E-state index in [1.807, 2.05) is 36.1 Å². The Morgan fingerprint density at radius 3 is 2.65 bits per heavy atom. The highest BCUT2D eigenvalue weighted by molar-refractivity contribution is 5.95. The molecule has 3 aliphatic rings. The van der Waals surface area contributed by atoms with Crippen molar-refractivity contribution in [2.75, 3.05) is 13.1 Å². The zero-order valence-corrected chi connectivity index (χ0v) is 10.1. The molecule has 2 N–H and O–H groups in total. The molecule has 1 aliphatic carbocycles. The van der Waals surface area contributed by atoms with Crippen molar-refractivity contribution in [3.05, 3.63) is 35.4 Å². The number of nitrogens with zero attached hydrogens (tertiary/aromatic N) is 1. The summed E-state index contributed by atoms with van der Waals surface area (Å²) in [6.07, 6.45) is 2.20. The number of hydrogen-bond acceptors (Lipinski definition) is 2. The van der Waals surface area contributed by atoms with Gasteiger partial charge in [0.15, 0.2) is 0 Å². The van der Waals surface area contributed by atoms with Crippen molar-refractivity contribution < 1.29 is 4.79 Å². The second kappa shape index (κ2) is 3.57. The minimum Gasteiger partial charge on any atom is -0.331 e. The van der Waals surface area contributed by atoms with Crippen LogP contribution in [0.1, 0.15) is 28.8 Å². The smallest absolute Gasteiger partial charge is 0.254 e. The number of carbonyl (C=O) groups excluding carboxylic acids is 1. The lowest BCUT2D eigenvalue weighted by Crippen LogP contribution is -2.53. The number of hydrogen-bond donors (Lipinski definition) is 1. The lowest BCUT2D eigenvalue weighted by Gasteiger charge is -2.41. The monoisotopic (exact) mass is 230 g/mol. The summed E-state index contributed by atoms with van der Waals surface area (Å²) in [4.78, 5) is 14.4. The Hall–Kier alpha value is -1.35. The number of rotatable bonds is 2. The van der Waals surface area contributed by atoms with Gasteiger partial charge in [-0.25, -0.2) is 0 Å². The van der Waals surface area contributed by atoms with Crippen molar-refractivity contribution in [1.29, 1.82) is 0 Å². The highest BCUT2D eigenvalue weighted by Crippen LogP contribution is 2.50. The summed E-state index contributed by atoms with van der Waals surface area (Å²) >= 11 is 0. The van der Waals surface area contributed by atoms with E-state index >= 15 is 0 Å². The van der Waals surface area contributed by atoms with Crippen molar-refractivity contribution in [3.63, 3.8) is 0 Å². The Morgan fingerprint density at radius 1 is 1.41 bits per heavy atom. The molecule has 1 amide bonds. The molecule has 1 saturated carbocycles. The van der Waals surface area contributed by atoms with E-state index in [-0.39, 0.29) is 11.4 Å². The SMILES string of the molecule is Cc1ccc(C(=O)N2CC3CC2(CN)C3)cc1. The van der Waals surface area contributed by atoms with Crippen molar-refractivity contribution in [2.45, 2.75) is 25.3 Å². The Balaban J connectivity index is 1.85. The van der Waals surface area contributed by atoms with Gasteiger partial charge in [-0.2, -0.15) is 0 Å². The van der Waals surface area contributed by atoms with Crippen LogP contribution < -0.4 is 5.73 Å². The highest BCUT2D eigenvalue weighted by atomic mass is 16.2. The maximum Gasteiger partial charge on any atom is 0.254 e. The van der Waals surface area contributed by atoms with Crippen LogP contribution in [-0.2, 0) is 0 Å². The second-order valence-corrected chi connectivity index (χ2v) is 5.48. The van der Waals surface area contributed by atoms with E-state index in [1.54, 1.807) is 0 Å². The third-order valence-electron chi connectivity index (χ3n) is 4.27. The Morgan fingerprint density at radius 2 is 2.06 bits per heavy atom. The molecule has 0 unspecified atom stereocenters. The fourth-order valence-electron chi connectivity index (χ4n) is 3.24. The van der Waals surface area contributed by atoms with Gasteiger partial charge in [0.25, 0.3) is 5.91 Å². The van der Waals surface area contributed by atoms with E-state index < -0.39 is 0 Å². The van der Waals surface area contributed by atoms with E-state index in [0.29, 0.717) is 12.5 Å². The van der Waals surface area contributed by atoms with Crippen LogP contribution >= 0.6 is 0 Å². The average molecular weight is 230 g/mol. The Kier molecular flexibility index (Phi) is 2.26. The van der Waals surface area contributed by atoms with E-state index in [0.717, 1.165) is 24.9 Å². The quantitative estimate of drug-likeness (QED) is 0.838. The lowest BCUT2D eigenvalue weighted by atomic mass is 9.73. The molecule has 2 heterocycles. The number of amides is 1. The van der Waals surface area contributed by atoms with E-state index in [4.69, 9.17) is 5.73 Å². The molecule has 17 heavy (non-hydrogen) atoms.